The van der Waals surface area contributed by atoms with Crippen LogP contribution in [0.3, 0.4) is 0 Å². The molecule has 4 rings (SSSR count). The zero-order valence-electron chi connectivity index (χ0n) is 17.7. The fourth-order valence-electron chi connectivity index (χ4n) is 4.12. The molecule has 0 spiro atoms. The predicted octanol–water partition coefficient (Wildman–Crippen LogP) is 5.30. The quantitative estimate of drug-likeness (QED) is 0.603. The fourth-order valence-corrected chi connectivity index (χ4v) is 4.28. The van der Waals surface area contributed by atoms with Crippen LogP contribution >= 0.6 is 11.6 Å². The predicted molar refractivity (Wildman–Crippen MR) is 124 cm³/mol. The first-order valence-corrected chi connectivity index (χ1v) is 10.8. The lowest BCUT2D eigenvalue weighted by molar-refractivity contribution is -0.121. The molecule has 1 atom stereocenters. The highest BCUT2D eigenvalue weighted by atomic mass is 35.5. The van der Waals surface area contributed by atoms with Crippen molar-refractivity contribution in [2.75, 3.05) is 25.5 Å². The van der Waals surface area contributed by atoms with Gasteiger partial charge in [-0.2, -0.15) is 0 Å². The van der Waals surface area contributed by atoms with Crippen LogP contribution < -0.4 is 10.1 Å². The summed E-state index contributed by atoms with van der Waals surface area (Å²) in [5.41, 5.74) is 2.12. The van der Waals surface area contributed by atoms with E-state index in [-0.39, 0.29) is 17.7 Å². The Morgan fingerprint density at radius 3 is 2.71 bits per heavy atom. The summed E-state index contributed by atoms with van der Waals surface area (Å²) >= 11 is 6.17. The van der Waals surface area contributed by atoms with Crippen molar-refractivity contribution in [3.63, 3.8) is 0 Å². The SMILES string of the molecule is COc1cc(Cl)c(C)cc1NC(=O)C1CCCN(C(=O)c2cccc3ccccc23)C1. The number of benzene rings is 3. The third-order valence-electron chi connectivity index (χ3n) is 5.84. The number of methoxy groups -OCH3 is 1. The van der Waals surface area contributed by atoms with Gasteiger partial charge in [0.1, 0.15) is 5.75 Å². The number of rotatable bonds is 4. The number of piperidine rings is 1. The highest BCUT2D eigenvalue weighted by Gasteiger charge is 2.30. The number of ether oxygens (including phenoxy) is 1. The van der Waals surface area contributed by atoms with Crippen molar-refractivity contribution >= 4 is 39.9 Å². The van der Waals surface area contributed by atoms with Gasteiger partial charge >= 0.3 is 0 Å². The van der Waals surface area contributed by atoms with Crippen molar-refractivity contribution in [2.24, 2.45) is 5.92 Å². The Morgan fingerprint density at radius 1 is 1.13 bits per heavy atom. The van der Waals surface area contributed by atoms with Crippen molar-refractivity contribution in [3.8, 4) is 5.75 Å². The maximum atomic E-state index is 13.3. The van der Waals surface area contributed by atoms with Crippen LogP contribution in [0.15, 0.2) is 54.6 Å². The lowest BCUT2D eigenvalue weighted by Gasteiger charge is -2.32. The second-order valence-corrected chi connectivity index (χ2v) is 8.32. The molecule has 0 radical (unpaired) electrons. The largest absolute Gasteiger partial charge is 0.495 e. The Labute approximate surface area is 186 Å². The van der Waals surface area contributed by atoms with Crippen LogP contribution in [0.4, 0.5) is 5.69 Å². The summed E-state index contributed by atoms with van der Waals surface area (Å²) in [6, 6.07) is 17.1. The summed E-state index contributed by atoms with van der Waals surface area (Å²) in [5, 5.41) is 5.52. The normalized spacial score (nSPS) is 16.2. The molecule has 3 aromatic carbocycles. The van der Waals surface area contributed by atoms with Gasteiger partial charge in [-0.25, -0.2) is 0 Å². The van der Waals surface area contributed by atoms with Crippen molar-refractivity contribution in [1.82, 2.24) is 4.90 Å². The lowest BCUT2D eigenvalue weighted by Crippen LogP contribution is -2.43. The number of carbonyl (C=O) groups is 2. The molecule has 5 nitrogen and oxygen atoms in total. The lowest BCUT2D eigenvalue weighted by atomic mass is 9.95. The Balaban J connectivity index is 1.51. The van der Waals surface area contributed by atoms with E-state index in [0.717, 1.165) is 29.2 Å². The van der Waals surface area contributed by atoms with Gasteiger partial charge in [0.05, 0.1) is 18.7 Å². The summed E-state index contributed by atoms with van der Waals surface area (Å²) in [5.74, 6) is 0.0847. The van der Waals surface area contributed by atoms with Gasteiger partial charge in [0.2, 0.25) is 5.91 Å². The van der Waals surface area contributed by atoms with Crippen LogP contribution in [0.5, 0.6) is 5.75 Å². The average molecular weight is 437 g/mol. The van der Waals surface area contributed by atoms with Gasteiger partial charge in [0.25, 0.3) is 5.91 Å². The molecule has 0 bridgehead atoms. The molecule has 1 N–H and O–H groups in total. The Morgan fingerprint density at radius 2 is 1.90 bits per heavy atom. The Hall–Kier alpha value is -3.05. The molecule has 0 aliphatic carbocycles. The van der Waals surface area contributed by atoms with Crippen molar-refractivity contribution in [3.05, 3.63) is 70.7 Å². The minimum atomic E-state index is -0.284. The van der Waals surface area contributed by atoms with Crippen LogP contribution in [-0.4, -0.2) is 36.9 Å². The number of nitrogens with one attached hydrogen (secondary N) is 1. The zero-order valence-corrected chi connectivity index (χ0v) is 18.4. The summed E-state index contributed by atoms with van der Waals surface area (Å²) in [4.78, 5) is 28.1. The number of halogens is 1. The van der Waals surface area contributed by atoms with Crippen LogP contribution in [0.1, 0.15) is 28.8 Å². The first-order chi connectivity index (χ1) is 15.0. The third kappa shape index (κ3) is 4.37. The Kier molecular flexibility index (Phi) is 6.14. The van der Waals surface area contributed by atoms with Crippen LogP contribution in [-0.2, 0) is 4.79 Å². The molecule has 1 unspecified atom stereocenters. The molecular formula is C25H25ClN2O3. The van der Waals surface area contributed by atoms with Crippen molar-refractivity contribution < 1.29 is 14.3 Å². The highest BCUT2D eigenvalue weighted by molar-refractivity contribution is 6.31. The molecule has 0 aromatic heterocycles. The van der Waals surface area contributed by atoms with E-state index in [9.17, 15) is 9.59 Å². The highest BCUT2D eigenvalue weighted by Crippen LogP contribution is 2.32. The van der Waals surface area contributed by atoms with Crippen LogP contribution in [0, 0.1) is 12.8 Å². The van der Waals surface area contributed by atoms with Gasteiger partial charge in [0, 0.05) is 29.7 Å². The smallest absolute Gasteiger partial charge is 0.254 e. The number of hydrogen-bond donors (Lipinski definition) is 1. The topological polar surface area (TPSA) is 58.6 Å². The molecular weight excluding hydrogens is 412 g/mol. The monoisotopic (exact) mass is 436 g/mol. The summed E-state index contributed by atoms with van der Waals surface area (Å²) in [7, 11) is 1.54. The zero-order chi connectivity index (χ0) is 22.0. The second-order valence-electron chi connectivity index (χ2n) is 7.91. The minimum Gasteiger partial charge on any atom is -0.495 e. The van der Waals surface area contributed by atoms with E-state index in [4.69, 9.17) is 16.3 Å². The number of anilines is 1. The number of nitrogens with zero attached hydrogens (tertiary/aromatic N) is 1. The standard InChI is InChI=1S/C25H25ClN2O3/c1-16-13-22(23(31-2)14-21(16)26)27-24(29)18-9-6-12-28(15-18)25(30)20-11-5-8-17-7-3-4-10-19(17)20/h3-5,7-8,10-11,13-14,18H,6,9,12,15H2,1-2H3,(H,27,29). The fraction of sp³-hybridized carbons (Fsp3) is 0.280. The third-order valence-corrected chi connectivity index (χ3v) is 6.25. The van der Waals surface area contributed by atoms with E-state index in [1.165, 1.54) is 0 Å². The average Bonchev–Trinajstić information content (AvgIpc) is 2.80. The van der Waals surface area contributed by atoms with Crippen molar-refractivity contribution in [2.45, 2.75) is 19.8 Å². The van der Waals surface area contributed by atoms with Gasteiger partial charge in [-0.15, -0.1) is 0 Å². The second kappa shape index (κ2) is 8.98. The van der Waals surface area contributed by atoms with Gasteiger partial charge in [-0.1, -0.05) is 48.0 Å². The maximum absolute atomic E-state index is 13.3. The molecule has 2 amide bonds. The number of carbonyl (C=O) groups excluding carboxylic acids is 2. The maximum Gasteiger partial charge on any atom is 0.254 e. The van der Waals surface area contributed by atoms with E-state index < -0.39 is 0 Å². The molecule has 1 aliphatic heterocycles. The van der Waals surface area contributed by atoms with E-state index >= 15 is 0 Å². The Bertz CT molecular complexity index is 1140. The van der Waals surface area contributed by atoms with E-state index in [2.05, 4.69) is 5.32 Å². The molecule has 3 aromatic rings. The van der Waals surface area contributed by atoms with Gasteiger partial charge in [-0.3, -0.25) is 9.59 Å². The summed E-state index contributed by atoms with van der Waals surface area (Å²) in [6.07, 6.45) is 1.52. The molecule has 1 saturated heterocycles. The molecule has 1 heterocycles. The van der Waals surface area contributed by atoms with E-state index in [1.807, 2.05) is 49.4 Å². The molecule has 6 heteroatoms. The van der Waals surface area contributed by atoms with Crippen molar-refractivity contribution in [1.29, 1.82) is 0 Å². The summed E-state index contributed by atoms with van der Waals surface area (Å²) < 4.78 is 5.36. The number of amides is 2. The first kappa shape index (κ1) is 21.2. The minimum absolute atomic E-state index is 0.0331. The van der Waals surface area contributed by atoms with E-state index in [0.29, 0.717) is 35.1 Å². The van der Waals surface area contributed by atoms with Crippen LogP contribution in [0.2, 0.25) is 5.02 Å². The number of fused-ring (bicyclic) bond motifs is 1. The molecule has 0 saturated carbocycles. The van der Waals surface area contributed by atoms with E-state index in [1.54, 1.807) is 24.1 Å². The molecule has 31 heavy (non-hydrogen) atoms. The van der Waals surface area contributed by atoms with Gasteiger partial charge in [0.15, 0.2) is 0 Å². The first-order valence-electron chi connectivity index (χ1n) is 10.4. The van der Waals surface area contributed by atoms with Gasteiger partial charge in [-0.05, 0) is 48.2 Å². The molecule has 1 aliphatic rings. The van der Waals surface area contributed by atoms with Gasteiger partial charge < -0.3 is 15.0 Å². The summed E-state index contributed by atoms with van der Waals surface area (Å²) in [6.45, 7) is 2.92. The number of hydrogen-bond acceptors (Lipinski definition) is 3. The number of likely N-dealkylation sites (tertiary alicyclic amines) is 1. The van der Waals surface area contributed by atoms with Crippen LogP contribution in [0.25, 0.3) is 10.8 Å². The molecule has 160 valence electrons. The molecule has 1 fully saturated rings. The number of aryl methyl sites for hydroxylation is 1.